The maximum Gasteiger partial charge on any atom is 0.281 e. The molecule has 3 rings (SSSR count). The molecule has 1 aliphatic heterocycles. The van der Waals surface area contributed by atoms with Gasteiger partial charge in [-0.05, 0) is 42.1 Å². The highest BCUT2D eigenvalue weighted by Gasteiger charge is 2.11. The van der Waals surface area contributed by atoms with E-state index in [2.05, 4.69) is 15.4 Å². The molecule has 0 bridgehead atoms. The molecule has 0 aliphatic carbocycles. The second-order valence-corrected chi connectivity index (χ2v) is 7.07. The molecule has 1 aromatic carbocycles. The van der Waals surface area contributed by atoms with Crippen LogP contribution in [0.2, 0.25) is 0 Å². The molecule has 8 heteroatoms. The summed E-state index contributed by atoms with van der Waals surface area (Å²) in [6, 6.07) is 9.19. The molecule has 2 aromatic rings. The van der Waals surface area contributed by atoms with Crippen molar-refractivity contribution < 1.29 is 19.0 Å². The number of hydrogen-bond donors (Lipinski definition) is 1. The Kier molecular flexibility index (Phi) is 7.83. The summed E-state index contributed by atoms with van der Waals surface area (Å²) < 4.78 is 17.0. The van der Waals surface area contributed by atoms with Gasteiger partial charge in [-0.3, -0.25) is 9.69 Å². The number of ether oxygens (including phenoxy) is 3. The molecule has 0 radical (unpaired) electrons. The van der Waals surface area contributed by atoms with Gasteiger partial charge in [-0.25, -0.2) is 5.43 Å². The average molecular weight is 404 g/mol. The minimum Gasteiger partial charge on any atom is -0.490 e. The van der Waals surface area contributed by atoms with Crippen molar-refractivity contribution in [3.63, 3.8) is 0 Å². The largest absolute Gasteiger partial charge is 0.490 e. The predicted molar refractivity (Wildman–Crippen MR) is 110 cm³/mol. The first-order chi connectivity index (χ1) is 13.8. The van der Waals surface area contributed by atoms with Gasteiger partial charge in [-0.2, -0.15) is 5.10 Å². The van der Waals surface area contributed by atoms with Crippen molar-refractivity contribution in [3.8, 4) is 11.5 Å². The molecule has 0 spiro atoms. The quantitative estimate of drug-likeness (QED) is 0.515. The number of morpholine rings is 1. The smallest absolute Gasteiger partial charge is 0.281 e. The molecule has 7 nitrogen and oxygen atoms in total. The molecule has 1 aliphatic rings. The van der Waals surface area contributed by atoms with Crippen molar-refractivity contribution >= 4 is 23.5 Å². The molecule has 2 heterocycles. The first-order valence-electron chi connectivity index (χ1n) is 9.33. The Hall–Kier alpha value is -2.42. The maximum absolute atomic E-state index is 11.9. The van der Waals surface area contributed by atoms with Crippen LogP contribution in [0.15, 0.2) is 40.8 Å². The summed E-state index contributed by atoms with van der Waals surface area (Å²) >= 11 is 1.37. The van der Waals surface area contributed by atoms with Gasteiger partial charge in [0.15, 0.2) is 11.5 Å². The van der Waals surface area contributed by atoms with Crippen LogP contribution in [0.3, 0.4) is 0 Å². The number of carbonyl (C=O) groups is 1. The van der Waals surface area contributed by atoms with Gasteiger partial charge >= 0.3 is 0 Å². The van der Waals surface area contributed by atoms with E-state index < -0.39 is 0 Å². The van der Waals surface area contributed by atoms with E-state index in [0.29, 0.717) is 29.6 Å². The highest BCUT2D eigenvalue weighted by atomic mass is 32.1. The first-order valence-corrected chi connectivity index (χ1v) is 10.2. The standard InChI is InChI=1S/C20H25N3O4S/c1-2-26-18-14-16(15-21-22-20(24)19-4-3-13-28-19)5-6-17(18)27-12-9-23-7-10-25-11-8-23/h3-6,13-15H,2,7-12H2,1H3,(H,22,24). The molecule has 150 valence electrons. The minimum atomic E-state index is -0.223. The van der Waals surface area contributed by atoms with Crippen LogP contribution in [-0.4, -0.2) is 63.1 Å². The van der Waals surface area contributed by atoms with Gasteiger partial charge < -0.3 is 14.2 Å². The zero-order chi connectivity index (χ0) is 19.6. The van der Waals surface area contributed by atoms with Crippen LogP contribution in [0.25, 0.3) is 0 Å². The fourth-order valence-electron chi connectivity index (χ4n) is 2.73. The van der Waals surface area contributed by atoms with Crippen molar-refractivity contribution in [1.82, 2.24) is 10.3 Å². The molecule has 1 saturated heterocycles. The summed E-state index contributed by atoms with van der Waals surface area (Å²) in [5.74, 6) is 1.15. The van der Waals surface area contributed by atoms with Crippen LogP contribution in [-0.2, 0) is 4.74 Å². The van der Waals surface area contributed by atoms with Crippen LogP contribution in [0, 0.1) is 0 Å². The summed E-state index contributed by atoms with van der Waals surface area (Å²) in [7, 11) is 0. The Morgan fingerprint density at radius 2 is 2.14 bits per heavy atom. The van der Waals surface area contributed by atoms with E-state index in [1.807, 2.05) is 36.6 Å². The number of hydrazone groups is 1. The lowest BCUT2D eigenvalue weighted by atomic mass is 10.2. The molecule has 1 N–H and O–H groups in total. The molecule has 0 unspecified atom stereocenters. The summed E-state index contributed by atoms with van der Waals surface area (Å²) in [4.78, 5) is 14.8. The van der Waals surface area contributed by atoms with Crippen LogP contribution in [0.4, 0.5) is 0 Å². The summed E-state index contributed by atoms with van der Waals surface area (Å²) in [6.07, 6.45) is 1.59. The average Bonchev–Trinajstić information content (AvgIpc) is 3.25. The normalized spacial score (nSPS) is 14.9. The zero-order valence-electron chi connectivity index (χ0n) is 15.9. The Labute approximate surface area is 168 Å². The lowest BCUT2D eigenvalue weighted by Crippen LogP contribution is -2.38. The van der Waals surface area contributed by atoms with Gasteiger partial charge in [-0.15, -0.1) is 11.3 Å². The highest BCUT2D eigenvalue weighted by Crippen LogP contribution is 2.28. The van der Waals surface area contributed by atoms with Gasteiger partial charge in [0.25, 0.3) is 5.91 Å². The lowest BCUT2D eigenvalue weighted by Gasteiger charge is -2.26. The lowest BCUT2D eigenvalue weighted by molar-refractivity contribution is 0.0321. The van der Waals surface area contributed by atoms with E-state index >= 15 is 0 Å². The minimum absolute atomic E-state index is 0.223. The van der Waals surface area contributed by atoms with Gasteiger partial charge in [0, 0.05) is 19.6 Å². The van der Waals surface area contributed by atoms with Gasteiger partial charge in [0.2, 0.25) is 0 Å². The Morgan fingerprint density at radius 1 is 1.29 bits per heavy atom. The predicted octanol–water partition coefficient (Wildman–Crippen LogP) is 2.62. The fourth-order valence-corrected chi connectivity index (χ4v) is 3.34. The number of thiophene rings is 1. The fraction of sp³-hybridized carbons (Fsp3) is 0.400. The Balaban J connectivity index is 1.55. The van der Waals surface area contributed by atoms with E-state index in [9.17, 15) is 4.79 Å². The van der Waals surface area contributed by atoms with E-state index in [-0.39, 0.29) is 5.91 Å². The van der Waals surface area contributed by atoms with E-state index in [0.717, 1.165) is 38.4 Å². The number of amides is 1. The van der Waals surface area contributed by atoms with Crippen LogP contribution >= 0.6 is 11.3 Å². The summed E-state index contributed by atoms with van der Waals surface area (Å²) in [6.45, 7) is 7.34. The summed E-state index contributed by atoms with van der Waals surface area (Å²) in [5, 5.41) is 5.87. The molecule has 0 saturated carbocycles. The third-order valence-corrected chi connectivity index (χ3v) is 5.03. The van der Waals surface area contributed by atoms with Crippen LogP contribution in [0.5, 0.6) is 11.5 Å². The second kappa shape index (κ2) is 10.8. The number of benzene rings is 1. The van der Waals surface area contributed by atoms with E-state index in [1.165, 1.54) is 11.3 Å². The zero-order valence-corrected chi connectivity index (χ0v) is 16.7. The van der Waals surface area contributed by atoms with Crippen molar-refractivity contribution in [2.75, 3.05) is 46.1 Å². The van der Waals surface area contributed by atoms with Gasteiger partial charge in [0.05, 0.1) is 30.9 Å². The van der Waals surface area contributed by atoms with Gasteiger partial charge in [-0.1, -0.05) is 6.07 Å². The second-order valence-electron chi connectivity index (χ2n) is 6.12. The third kappa shape index (κ3) is 6.05. The molecular formula is C20H25N3O4S. The third-order valence-electron chi connectivity index (χ3n) is 4.16. The number of nitrogens with one attached hydrogen (secondary N) is 1. The molecule has 0 atom stereocenters. The number of rotatable bonds is 9. The molecular weight excluding hydrogens is 378 g/mol. The Morgan fingerprint density at radius 3 is 2.89 bits per heavy atom. The molecule has 1 fully saturated rings. The van der Waals surface area contributed by atoms with E-state index in [1.54, 1.807) is 12.3 Å². The van der Waals surface area contributed by atoms with E-state index in [4.69, 9.17) is 14.2 Å². The van der Waals surface area contributed by atoms with Gasteiger partial charge in [0.1, 0.15) is 6.61 Å². The monoisotopic (exact) mass is 403 g/mol. The van der Waals surface area contributed by atoms with Crippen LogP contribution < -0.4 is 14.9 Å². The topological polar surface area (TPSA) is 72.4 Å². The highest BCUT2D eigenvalue weighted by molar-refractivity contribution is 7.12. The van der Waals surface area contributed by atoms with Crippen molar-refractivity contribution in [2.24, 2.45) is 5.10 Å². The number of nitrogens with zero attached hydrogens (tertiary/aromatic N) is 2. The van der Waals surface area contributed by atoms with Crippen molar-refractivity contribution in [2.45, 2.75) is 6.92 Å². The molecule has 1 amide bonds. The Bertz CT molecular complexity index is 774. The first kappa shape index (κ1) is 20.3. The molecule has 1 aromatic heterocycles. The summed E-state index contributed by atoms with van der Waals surface area (Å²) in [5.41, 5.74) is 3.34. The number of hydrogen-bond acceptors (Lipinski definition) is 7. The van der Waals surface area contributed by atoms with Crippen molar-refractivity contribution in [3.05, 3.63) is 46.2 Å². The number of carbonyl (C=O) groups excluding carboxylic acids is 1. The van der Waals surface area contributed by atoms with Crippen molar-refractivity contribution in [1.29, 1.82) is 0 Å². The molecule has 28 heavy (non-hydrogen) atoms. The maximum atomic E-state index is 11.9. The van der Waals surface area contributed by atoms with Crippen LogP contribution in [0.1, 0.15) is 22.2 Å². The SMILES string of the molecule is CCOc1cc(C=NNC(=O)c2cccs2)ccc1OCCN1CCOCC1.